The number of fused-ring (bicyclic) bond motifs is 1. The number of hydrogen-bond acceptors (Lipinski definition) is 4. The maximum Gasteiger partial charge on any atom is 0.238 e. The molecular formula is C15H15N5O. The van der Waals surface area contributed by atoms with Crippen LogP contribution in [0.15, 0.2) is 36.7 Å². The average molecular weight is 281 g/mol. The van der Waals surface area contributed by atoms with Gasteiger partial charge in [-0.1, -0.05) is 6.07 Å². The summed E-state index contributed by atoms with van der Waals surface area (Å²) in [5, 5.41) is 11.7. The first-order chi connectivity index (χ1) is 10.2. The van der Waals surface area contributed by atoms with E-state index in [-0.39, 0.29) is 5.91 Å². The van der Waals surface area contributed by atoms with E-state index in [0.29, 0.717) is 24.3 Å². The first-order valence-corrected chi connectivity index (χ1v) is 6.77. The van der Waals surface area contributed by atoms with E-state index in [4.69, 9.17) is 5.26 Å². The highest BCUT2D eigenvalue weighted by Crippen LogP contribution is 2.12. The van der Waals surface area contributed by atoms with E-state index in [2.05, 4.69) is 25.8 Å². The molecule has 106 valence electrons. The van der Waals surface area contributed by atoms with Crippen LogP contribution in [0.3, 0.4) is 0 Å². The third kappa shape index (κ3) is 3.09. The van der Waals surface area contributed by atoms with Crippen LogP contribution in [-0.4, -0.2) is 33.4 Å². The number of hydrogen-bond donors (Lipinski definition) is 1. The highest BCUT2D eigenvalue weighted by atomic mass is 16.2. The number of imidazole rings is 1. The van der Waals surface area contributed by atoms with Crippen LogP contribution < -0.4 is 5.32 Å². The first kappa shape index (κ1) is 13.3. The Morgan fingerprint density at radius 2 is 2.33 bits per heavy atom. The zero-order chi connectivity index (χ0) is 14.7. The second-order valence-corrected chi connectivity index (χ2v) is 4.99. The van der Waals surface area contributed by atoms with Crippen LogP contribution in [0.2, 0.25) is 0 Å². The van der Waals surface area contributed by atoms with Gasteiger partial charge in [-0.05, 0) is 18.2 Å². The van der Waals surface area contributed by atoms with E-state index in [1.807, 2.05) is 6.20 Å². The number of amides is 1. The molecule has 0 fully saturated rings. The van der Waals surface area contributed by atoms with Crippen molar-refractivity contribution in [2.24, 2.45) is 0 Å². The maximum absolute atomic E-state index is 12.1. The summed E-state index contributed by atoms with van der Waals surface area (Å²) in [5.74, 6) is 0.908. The zero-order valence-corrected chi connectivity index (χ0v) is 11.5. The molecule has 1 amide bonds. The molecule has 2 heterocycles. The summed E-state index contributed by atoms with van der Waals surface area (Å²) in [6, 6.07) is 8.97. The van der Waals surface area contributed by atoms with Crippen LogP contribution in [-0.2, 0) is 17.9 Å². The van der Waals surface area contributed by atoms with Crippen molar-refractivity contribution >= 4 is 11.6 Å². The van der Waals surface area contributed by atoms with E-state index in [9.17, 15) is 4.79 Å². The van der Waals surface area contributed by atoms with Crippen molar-refractivity contribution < 1.29 is 4.79 Å². The van der Waals surface area contributed by atoms with Gasteiger partial charge in [0.1, 0.15) is 5.82 Å². The van der Waals surface area contributed by atoms with E-state index in [0.717, 1.165) is 18.9 Å². The standard InChI is InChI=1S/C15H15N5O/c16-9-12-2-1-3-13(8-12)18-15(21)11-19-6-7-20-5-4-17-14(20)10-19/h1-5,8H,6-7,10-11H2,(H,18,21). The van der Waals surface area contributed by atoms with Gasteiger partial charge >= 0.3 is 0 Å². The number of carbonyl (C=O) groups excluding carboxylic acids is 1. The van der Waals surface area contributed by atoms with Gasteiger partial charge < -0.3 is 9.88 Å². The molecule has 1 N–H and O–H groups in total. The van der Waals surface area contributed by atoms with Crippen molar-refractivity contribution in [2.45, 2.75) is 13.1 Å². The van der Waals surface area contributed by atoms with E-state index in [1.54, 1.807) is 30.5 Å². The van der Waals surface area contributed by atoms with E-state index in [1.165, 1.54) is 0 Å². The quantitative estimate of drug-likeness (QED) is 0.917. The number of benzene rings is 1. The minimum absolute atomic E-state index is 0.0786. The Balaban J connectivity index is 1.59. The normalized spacial score (nSPS) is 14.2. The number of rotatable bonds is 3. The molecule has 6 nitrogen and oxygen atoms in total. The lowest BCUT2D eigenvalue weighted by atomic mass is 10.2. The summed E-state index contributed by atoms with van der Waals surface area (Å²) in [6.07, 6.45) is 3.74. The molecular weight excluding hydrogens is 266 g/mol. The Bertz CT molecular complexity index is 700. The Morgan fingerprint density at radius 3 is 3.19 bits per heavy atom. The molecule has 1 aliphatic rings. The third-order valence-corrected chi connectivity index (χ3v) is 3.47. The Morgan fingerprint density at radius 1 is 1.43 bits per heavy atom. The van der Waals surface area contributed by atoms with Crippen molar-refractivity contribution in [1.82, 2.24) is 14.5 Å². The van der Waals surface area contributed by atoms with Crippen molar-refractivity contribution in [3.05, 3.63) is 48.0 Å². The number of nitriles is 1. The van der Waals surface area contributed by atoms with Gasteiger partial charge in [0.05, 0.1) is 24.7 Å². The number of carbonyl (C=O) groups is 1. The minimum Gasteiger partial charge on any atom is -0.333 e. The molecule has 0 unspecified atom stereocenters. The van der Waals surface area contributed by atoms with Gasteiger partial charge in [-0.2, -0.15) is 5.26 Å². The fourth-order valence-corrected chi connectivity index (χ4v) is 2.43. The summed E-state index contributed by atoms with van der Waals surface area (Å²) in [6.45, 7) is 2.68. The zero-order valence-electron chi connectivity index (χ0n) is 11.5. The molecule has 0 atom stereocenters. The summed E-state index contributed by atoms with van der Waals surface area (Å²) in [7, 11) is 0. The van der Waals surface area contributed by atoms with Crippen LogP contribution in [0.5, 0.6) is 0 Å². The molecule has 1 aromatic heterocycles. The fourth-order valence-electron chi connectivity index (χ4n) is 2.43. The molecule has 0 spiro atoms. The van der Waals surface area contributed by atoms with Gasteiger partial charge in [0.15, 0.2) is 0 Å². The SMILES string of the molecule is N#Cc1cccc(NC(=O)CN2CCn3ccnc3C2)c1. The number of nitrogens with one attached hydrogen (secondary N) is 1. The Hall–Kier alpha value is -2.65. The van der Waals surface area contributed by atoms with Gasteiger partial charge in [0.2, 0.25) is 5.91 Å². The topological polar surface area (TPSA) is 74.0 Å². The van der Waals surface area contributed by atoms with Crippen molar-refractivity contribution in [2.75, 3.05) is 18.4 Å². The van der Waals surface area contributed by atoms with E-state index >= 15 is 0 Å². The number of nitrogens with zero attached hydrogens (tertiary/aromatic N) is 4. The van der Waals surface area contributed by atoms with Gasteiger partial charge in [-0.25, -0.2) is 4.98 Å². The lowest BCUT2D eigenvalue weighted by Gasteiger charge is -2.26. The molecule has 3 rings (SSSR count). The molecule has 21 heavy (non-hydrogen) atoms. The summed E-state index contributed by atoms with van der Waals surface area (Å²) >= 11 is 0. The van der Waals surface area contributed by atoms with Crippen LogP contribution in [0.1, 0.15) is 11.4 Å². The largest absolute Gasteiger partial charge is 0.333 e. The Kier molecular flexibility index (Phi) is 3.67. The van der Waals surface area contributed by atoms with Gasteiger partial charge in [0, 0.05) is 31.2 Å². The average Bonchev–Trinajstić information content (AvgIpc) is 2.95. The fraction of sp³-hybridized carbons (Fsp3) is 0.267. The van der Waals surface area contributed by atoms with Gasteiger partial charge in [-0.15, -0.1) is 0 Å². The second kappa shape index (κ2) is 5.77. The number of aromatic nitrogens is 2. The molecule has 0 saturated heterocycles. The lowest BCUT2D eigenvalue weighted by Crippen LogP contribution is -2.39. The predicted molar refractivity (Wildman–Crippen MR) is 77.3 cm³/mol. The first-order valence-electron chi connectivity index (χ1n) is 6.77. The summed E-state index contributed by atoms with van der Waals surface area (Å²) < 4.78 is 2.10. The molecule has 1 aromatic carbocycles. The summed E-state index contributed by atoms with van der Waals surface area (Å²) in [4.78, 5) is 18.4. The monoisotopic (exact) mass is 281 g/mol. The molecule has 0 aliphatic carbocycles. The highest BCUT2D eigenvalue weighted by molar-refractivity contribution is 5.92. The van der Waals surface area contributed by atoms with Gasteiger partial charge in [0.25, 0.3) is 0 Å². The second-order valence-electron chi connectivity index (χ2n) is 4.99. The summed E-state index contributed by atoms with van der Waals surface area (Å²) in [5.41, 5.74) is 1.19. The molecule has 2 aromatic rings. The van der Waals surface area contributed by atoms with Crippen molar-refractivity contribution in [3.8, 4) is 6.07 Å². The maximum atomic E-state index is 12.1. The molecule has 0 saturated carbocycles. The van der Waals surface area contributed by atoms with Crippen LogP contribution in [0, 0.1) is 11.3 Å². The minimum atomic E-state index is -0.0786. The van der Waals surface area contributed by atoms with Crippen LogP contribution >= 0.6 is 0 Å². The molecule has 0 bridgehead atoms. The number of anilines is 1. The smallest absolute Gasteiger partial charge is 0.238 e. The van der Waals surface area contributed by atoms with Gasteiger partial charge in [-0.3, -0.25) is 9.69 Å². The third-order valence-electron chi connectivity index (χ3n) is 3.47. The predicted octanol–water partition coefficient (Wildman–Crippen LogP) is 1.21. The van der Waals surface area contributed by atoms with Crippen LogP contribution in [0.25, 0.3) is 0 Å². The van der Waals surface area contributed by atoms with Crippen molar-refractivity contribution in [3.63, 3.8) is 0 Å². The molecule has 1 aliphatic heterocycles. The Labute approximate surface area is 122 Å². The van der Waals surface area contributed by atoms with E-state index < -0.39 is 0 Å². The molecule has 0 radical (unpaired) electrons. The highest BCUT2D eigenvalue weighted by Gasteiger charge is 2.18. The van der Waals surface area contributed by atoms with Crippen molar-refractivity contribution in [1.29, 1.82) is 5.26 Å². The molecule has 6 heteroatoms. The van der Waals surface area contributed by atoms with Crippen LogP contribution in [0.4, 0.5) is 5.69 Å². The lowest BCUT2D eigenvalue weighted by molar-refractivity contribution is -0.117.